The molecule has 10 nitrogen and oxygen atoms in total. The molecule has 0 aliphatic carbocycles. The van der Waals surface area contributed by atoms with Crippen molar-refractivity contribution in [3.05, 3.63) is 75.1 Å². The second kappa shape index (κ2) is 10.7. The van der Waals surface area contributed by atoms with E-state index in [0.717, 1.165) is 0 Å². The second-order valence-corrected chi connectivity index (χ2v) is 9.06. The number of methoxy groups -OCH3 is 2. The number of hydrogen-bond acceptors (Lipinski definition) is 10. The first-order valence-electron chi connectivity index (χ1n) is 11.9. The third-order valence-electron chi connectivity index (χ3n) is 6.85. The number of esters is 1. The zero-order valence-electron chi connectivity index (χ0n) is 21.4. The maximum Gasteiger partial charge on any atom is 0.306 e. The first kappa shape index (κ1) is 26.9. The monoisotopic (exact) mass is 523 g/mol. The highest BCUT2D eigenvalue weighted by molar-refractivity contribution is 5.98. The van der Waals surface area contributed by atoms with Crippen LogP contribution < -0.4 is 4.74 Å². The lowest BCUT2D eigenvalue weighted by Crippen LogP contribution is -2.14. The Kier molecular flexibility index (Phi) is 7.56. The van der Waals surface area contributed by atoms with Crippen molar-refractivity contribution in [2.75, 3.05) is 14.2 Å². The van der Waals surface area contributed by atoms with Gasteiger partial charge >= 0.3 is 5.97 Å². The van der Waals surface area contributed by atoms with Gasteiger partial charge in [0.15, 0.2) is 5.78 Å². The quantitative estimate of drug-likeness (QED) is 0.254. The van der Waals surface area contributed by atoms with Gasteiger partial charge in [0.1, 0.15) is 29.1 Å². The van der Waals surface area contributed by atoms with E-state index in [1.54, 1.807) is 31.3 Å². The summed E-state index contributed by atoms with van der Waals surface area (Å²) in [5.41, 5.74) is 2.20. The van der Waals surface area contributed by atoms with E-state index in [0.29, 0.717) is 33.7 Å². The van der Waals surface area contributed by atoms with E-state index in [9.17, 15) is 30.0 Å². The largest absolute Gasteiger partial charge is 0.507 e. The number of nitrogens with zero attached hydrogens (tertiary/aromatic N) is 1. The molecule has 0 bridgehead atoms. The fourth-order valence-corrected chi connectivity index (χ4v) is 4.84. The van der Waals surface area contributed by atoms with Gasteiger partial charge in [0.25, 0.3) is 0 Å². The van der Waals surface area contributed by atoms with Gasteiger partial charge in [-0.15, -0.1) is 0 Å². The van der Waals surface area contributed by atoms with E-state index in [4.69, 9.17) is 14.2 Å². The number of benzene rings is 2. The number of aromatic hydroxyl groups is 3. The van der Waals surface area contributed by atoms with E-state index >= 15 is 0 Å². The third-order valence-corrected chi connectivity index (χ3v) is 6.85. The molecule has 0 saturated heterocycles. The molecular formula is C28H29NO9. The molecule has 4 N–H and O–H groups in total. The van der Waals surface area contributed by atoms with Crippen LogP contribution in [0.15, 0.2) is 30.5 Å². The summed E-state index contributed by atoms with van der Waals surface area (Å²) < 4.78 is 16.1. The van der Waals surface area contributed by atoms with Gasteiger partial charge in [-0.05, 0) is 37.6 Å². The number of rotatable bonds is 8. The Labute approximate surface area is 219 Å². The maximum absolute atomic E-state index is 12.6. The summed E-state index contributed by atoms with van der Waals surface area (Å²) in [6.07, 6.45) is 0.306. The molecule has 2 atom stereocenters. The van der Waals surface area contributed by atoms with Gasteiger partial charge < -0.3 is 34.6 Å². The van der Waals surface area contributed by atoms with Crippen molar-refractivity contribution in [3.63, 3.8) is 0 Å². The highest BCUT2D eigenvalue weighted by Gasteiger charge is 2.36. The second-order valence-electron chi connectivity index (χ2n) is 9.06. The van der Waals surface area contributed by atoms with Crippen molar-refractivity contribution in [2.45, 2.75) is 45.5 Å². The number of aromatic nitrogens is 1. The molecule has 1 aromatic heterocycles. The molecular weight excluding hydrogens is 494 g/mol. The van der Waals surface area contributed by atoms with E-state index in [-0.39, 0.29) is 42.1 Å². The number of phenolic OH excluding ortho intramolecular Hbond substituents is 2. The van der Waals surface area contributed by atoms with Gasteiger partial charge in [0.2, 0.25) is 0 Å². The predicted octanol–water partition coefficient (Wildman–Crippen LogP) is 3.52. The number of ether oxygens (including phenoxy) is 3. The number of ketones is 1. The van der Waals surface area contributed by atoms with Crippen LogP contribution in [0.2, 0.25) is 0 Å². The smallest absolute Gasteiger partial charge is 0.306 e. The lowest BCUT2D eigenvalue weighted by atomic mass is 9.82. The Morgan fingerprint density at radius 3 is 2.50 bits per heavy atom. The molecule has 2 heterocycles. The molecule has 10 heteroatoms. The van der Waals surface area contributed by atoms with E-state index < -0.39 is 35.3 Å². The molecule has 1 aliphatic rings. The van der Waals surface area contributed by atoms with Crippen LogP contribution in [0, 0.1) is 6.92 Å². The molecule has 1 aliphatic heterocycles. The van der Waals surface area contributed by atoms with Crippen molar-refractivity contribution >= 4 is 11.8 Å². The van der Waals surface area contributed by atoms with Gasteiger partial charge in [0.05, 0.1) is 45.1 Å². The van der Waals surface area contributed by atoms with Crippen LogP contribution in [-0.2, 0) is 27.5 Å². The number of Topliss-reactive ketones (excluding diaryl/α,β-unsaturated/α-hetero) is 1. The first-order valence-corrected chi connectivity index (χ1v) is 11.9. The number of fused-ring (bicyclic) bond motifs is 1. The summed E-state index contributed by atoms with van der Waals surface area (Å²) in [7, 11) is 2.67. The van der Waals surface area contributed by atoms with E-state index in [1.807, 2.05) is 0 Å². The standard InChI is InChI=1S/C28H29NO9/c1-13-25(33)23-17(10-29-13)12-38-28(23)20-8-18(14(2)31)26(34)24(27(20)35)19(9-22(32)37-4)15-5-6-21(36-3)16(7-15)11-30/h5-8,10,19,28,30,33-35H,9,11-12H2,1-4H3/t19-,28+/m1/s1. The normalized spacial score (nSPS) is 15.1. The number of carbonyl (C=O) groups excluding carboxylic acids is 2. The predicted molar refractivity (Wildman–Crippen MR) is 134 cm³/mol. The van der Waals surface area contributed by atoms with Gasteiger partial charge in [-0.25, -0.2) is 0 Å². The Morgan fingerprint density at radius 2 is 1.87 bits per heavy atom. The van der Waals surface area contributed by atoms with Crippen LogP contribution in [0.1, 0.15) is 74.8 Å². The molecule has 0 spiro atoms. The molecule has 200 valence electrons. The minimum Gasteiger partial charge on any atom is -0.507 e. The summed E-state index contributed by atoms with van der Waals surface area (Å²) in [5, 5.41) is 43.4. The summed E-state index contributed by atoms with van der Waals surface area (Å²) in [6, 6.07) is 6.15. The third kappa shape index (κ3) is 4.64. The minimum atomic E-state index is -0.981. The van der Waals surface area contributed by atoms with Crippen LogP contribution in [0.4, 0.5) is 0 Å². The van der Waals surface area contributed by atoms with Crippen LogP contribution in [0.5, 0.6) is 23.0 Å². The first-order chi connectivity index (χ1) is 18.1. The fourth-order valence-electron chi connectivity index (χ4n) is 4.84. The van der Waals surface area contributed by atoms with Crippen molar-refractivity contribution in [2.24, 2.45) is 0 Å². The highest BCUT2D eigenvalue weighted by atomic mass is 16.5. The number of aliphatic hydroxyl groups is 1. The van der Waals surface area contributed by atoms with Crippen LogP contribution in [0.3, 0.4) is 0 Å². The molecule has 0 saturated carbocycles. The zero-order valence-corrected chi connectivity index (χ0v) is 21.4. The molecule has 2 aromatic carbocycles. The summed E-state index contributed by atoms with van der Waals surface area (Å²) >= 11 is 0. The Balaban J connectivity index is 1.99. The van der Waals surface area contributed by atoms with Crippen molar-refractivity contribution in [3.8, 4) is 23.0 Å². The van der Waals surface area contributed by atoms with Crippen molar-refractivity contribution in [1.29, 1.82) is 0 Å². The average molecular weight is 524 g/mol. The number of pyridine rings is 1. The zero-order chi connectivity index (χ0) is 27.7. The molecule has 0 amide bonds. The lowest BCUT2D eigenvalue weighted by Gasteiger charge is -2.25. The lowest BCUT2D eigenvalue weighted by molar-refractivity contribution is -0.140. The molecule has 4 rings (SSSR count). The van der Waals surface area contributed by atoms with E-state index in [2.05, 4.69) is 4.98 Å². The van der Waals surface area contributed by atoms with Gasteiger partial charge in [-0.2, -0.15) is 0 Å². The van der Waals surface area contributed by atoms with Crippen LogP contribution >= 0.6 is 0 Å². The van der Waals surface area contributed by atoms with E-state index in [1.165, 1.54) is 27.2 Å². The summed E-state index contributed by atoms with van der Waals surface area (Å²) in [6.45, 7) is 2.64. The SMILES string of the molecule is COC(=O)C[C@H](c1ccc(OC)c(CO)c1)c1c(O)c(C(C)=O)cc([C@@H]2OCc3cnc(C)c(O)c32)c1O. The van der Waals surface area contributed by atoms with Gasteiger partial charge in [-0.1, -0.05) is 6.07 Å². The Hall–Kier alpha value is -4.15. The minimum absolute atomic E-state index is 0.0884. The van der Waals surface area contributed by atoms with Crippen molar-refractivity contribution < 1.29 is 44.2 Å². The molecule has 3 aromatic rings. The Morgan fingerprint density at radius 1 is 1.13 bits per heavy atom. The average Bonchev–Trinajstić information content (AvgIpc) is 3.34. The molecule has 0 unspecified atom stereocenters. The number of hydrogen-bond donors (Lipinski definition) is 4. The van der Waals surface area contributed by atoms with Gasteiger partial charge in [-0.3, -0.25) is 14.6 Å². The highest BCUT2D eigenvalue weighted by Crippen LogP contribution is 2.50. The number of aryl methyl sites for hydroxylation is 1. The fraction of sp³-hybridized carbons (Fsp3) is 0.321. The number of phenols is 2. The van der Waals surface area contributed by atoms with Crippen LogP contribution in [0.25, 0.3) is 0 Å². The van der Waals surface area contributed by atoms with Crippen molar-refractivity contribution in [1.82, 2.24) is 4.98 Å². The Bertz CT molecular complexity index is 1420. The maximum atomic E-state index is 12.6. The summed E-state index contributed by atoms with van der Waals surface area (Å²) in [4.78, 5) is 29.2. The number of carbonyl (C=O) groups is 2. The summed E-state index contributed by atoms with van der Waals surface area (Å²) in [5.74, 6) is -2.69. The molecule has 0 fully saturated rings. The number of aliphatic hydroxyl groups excluding tert-OH is 1. The van der Waals surface area contributed by atoms with Crippen LogP contribution in [-0.4, -0.2) is 51.4 Å². The molecule has 38 heavy (non-hydrogen) atoms. The molecule has 0 radical (unpaired) electrons. The van der Waals surface area contributed by atoms with Gasteiger partial charge in [0, 0.05) is 39.9 Å². The topological polar surface area (TPSA) is 156 Å².